The second-order valence-electron chi connectivity index (χ2n) is 8.65. The number of nitrogens with one attached hydrogen (secondary N) is 1. The van der Waals surface area contributed by atoms with E-state index in [-0.39, 0.29) is 12.5 Å². The normalized spacial score (nSPS) is 14.2. The summed E-state index contributed by atoms with van der Waals surface area (Å²) in [7, 11) is 0. The molecule has 1 aliphatic rings. The van der Waals surface area contributed by atoms with E-state index < -0.39 is 5.97 Å². The first-order chi connectivity index (χ1) is 17.0. The van der Waals surface area contributed by atoms with Gasteiger partial charge in [0.25, 0.3) is 0 Å². The maximum absolute atomic E-state index is 12.8. The molecular weight excluding hydrogens is 438 g/mol. The van der Waals surface area contributed by atoms with Crippen molar-refractivity contribution in [1.29, 1.82) is 0 Å². The van der Waals surface area contributed by atoms with E-state index in [0.717, 1.165) is 30.5 Å². The molecule has 2 amide bonds. The summed E-state index contributed by atoms with van der Waals surface area (Å²) >= 11 is 0. The van der Waals surface area contributed by atoms with Crippen molar-refractivity contribution in [2.45, 2.75) is 79.2 Å². The fourth-order valence-electron chi connectivity index (χ4n) is 3.33. The van der Waals surface area contributed by atoms with Crippen LogP contribution < -0.4 is 10.2 Å². The zero-order valence-corrected chi connectivity index (χ0v) is 22.1. The number of benzene rings is 1. The number of carboxylic acids is 1. The quantitative estimate of drug-likeness (QED) is 0.223. The predicted molar refractivity (Wildman–Crippen MR) is 147 cm³/mol. The number of amides is 2. The molecule has 0 spiro atoms. The van der Waals surface area contributed by atoms with Gasteiger partial charge in [-0.1, -0.05) is 70.4 Å². The lowest BCUT2D eigenvalue weighted by atomic mass is 10.1. The number of carbonyl (C=O) groups excluding carboxylic acids is 1. The van der Waals surface area contributed by atoms with Gasteiger partial charge in [-0.15, -0.1) is 0 Å². The maximum Gasteiger partial charge on any atom is 0.328 e. The smallest absolute Gasteiger partial charge is 0.328 e. The van der Waals surface area contributed by atoms with Gasteiger partial charge in [0, 0.05) is 37.9 Å². The maximum atomic E-state index is 12.8. The first-order valence-electron chi connectivity index (χ1n) is 13.1. The van der Waals surface area contributed by atoms with Crippen LogP contribution in [0, 0.1) is 0 Å². The van der Waals surface area contributed by atoms with Crippen molar-refractivity contribution < 1.29 is 14.7 Å². The minimum Gasteiger partial charge on any atom is -0.481 e. The molecular formula is C29H45N3O3. The van der Waals surface area contributed by atoms with Gasteiger partial charge in [-0.25, -0.2) is 4.79 Å². The lowest BCUT2D eigenvalue weighted by Gasteiger charge is -2.17. The average Bonchev–Trinajstić information content (AvgIpc) is 3.23. The van der Waals surface area contributed by atoms with E-state index in [9.17, 15) is 9.59 Å². The number of rotatable bonds is 14. The third-order valence-electron chi connectivity index (χ3n) is 5.65. The minimum atomic E-state index is -0.767. The summed E-state index contributed by atoms with van der Waals surface area (Å²) in [5.74, 6) is -0.767. The molecule has 0 aromatic heterocycles. The van der Waals surface area contributed by atoms with Crippen molar-refractivity contribution in [3.05, 3.63) is 65.9 Å². The molecule has 0 atom stereocenters. The summed E-state index contributed by atoms with van der Waals surface area (Å²) < 4.78 is 0. The Bertz CT molecular complexity index is 826. The van der Waals surface area contributed by atoms with Crippen LogP contribution in [0.2, 0.25) is 0 Å². The van der Waals surface area contributed by atoms with Gasteiger partial charge in [0.1, 0.15) is 0 Å². The number of carbonyl (C=O) groups is 2. The van der Waals surface area contributed by atoms with Crippen molar-refractivity contribution in [1.82, 2.24) is 10.2 Å². The van der Waals surface area contributed by atoms with Crippen molar-refractivity contribution >= 4 is 17.7 Å². The summed E-state index contributed by atoms with van der Waals surface area (Å²) in [5, 5.41) is 11.9. The number of anilines is 1. The van der Waals surface area contributed by atoms with E-state index in [0.29, 0.717) is 32.6 Å². The Labute approximate surface area is 212 Å². The molecule has 35 heavy (non-hydrogen) atoms. The van der Waals surface area contributed by atoms with Crippen LogP contribution in [0.25, 0.3) is 0 Å². The molecule has 6 nitrogen and oxygen atoms in total. The van der Waals surface area contributed by atoms with Gasteiger partial charge in [-0.2, -0.15) is 0 Å². The third-order valence-corrected chi connectivity index (χ3v) is 5.65. The van der Waals surface area contributed by atoms with E-state index in [4.69, 9.17) is 5.11 Å². The lowest BCUT2D eigenvalue weighted by Crippen LogP contribution is -2.28. The number of aliphatic carboxylic acids is 1. The van der Waals surface area contributed by atoms with Crippen molar-refractivity contribution in [2.75, 3.05) is 24.5 Å². The number of carboxylic acid groups (broad SMARTS) is 1. The zero-order chi connectivity index (χ0) is 25.9. The molecule has 1 aliphatic heterocycles. The highest BCUT2D eigenvalue weighted by Crippen LogP contribution is 2.22. The van der Waals surface area contributed by atoms with Crippen molar-refractivity contribution in [3.8, 4) is 0 Å². The minimum absolute atomic E-state index is 0.00308. The largest absolute Gasteiger partial charge is 0.481 e. The number of urea groups is 1. The molecule has 2 rings (SSSR count). The summed E-state index contributed by atoms with van der Waals surface area (Å²) in [6, 6.07) is 7.95. The van der Waals surface area contributed by atoms with Crippen LogP contribution in [0.4, 0.5) is 10.5 Å². The topological polar surface area (TPSA) is 72.9 Å². The van der Waals surface area contributed by atoms with Gasteiger partial charge in [0.05, 0.1) is 0 Å². The van der Waals surface area contributed by atoms with E-state index in [1.54, 1.807) is 9.80 Å². The van der Waals surface area contributed by atoms with Crippen LogP contribution in [0.1, 0.15) is 78.2 Å². The summed E-state index contributed by atoms with van der Waals surface area (Å²) in [6.45, 7) is 11.2. The van der Waals surface area contributed by atoms with Gasteiger partial charge in [0.2, 0.25) is 0 Å². The molecule has 2 N–H and O–H groups in total. The van der Waals surface area contributed by atoms with Gasteiger partial charge in [-0.3, -0.25) is 14.6 Å². The highest BCUT2D eigenvalue weighted by atomic mass is 16.4. The molecule has 1 fully saturated rings. The molecule has 1 aromatic carbocycles. The third kappa shape index (κ3) is 12.4. The van der Waals surface area contributed by atoms with Crippen molar-refractivity contribution in [3.63, 3.8) is 0 Å². The Kier molecular flexibility index (Phi) is 15.9. The fourth-order valence-corrected chi connectivity index (χ4v) is 3.33. The second-order valence-corrected chi connectivity index (χ2v) is 8.65. The van der Waals surface area contributed by atoms with Crippen LogP contribution >= 0.6 is 0 Å². The Balaban J connectivity index is 0.00000142. The van der Waals surface area contributed by atoms with Crippen LogP contribution in [0.3, 0.4) is 0 Å². The van der Waals surface area contributed by atoms with E-state index in [1.807, 2.05) is 49.5 Å². The van der Waals surface area contributed by atoms with E-state index in [2.05, 4.69) is 38.2 Å². The molecule has 1 heterocycles. The molecule has 194 valence electrons. The standard InChI is InChI=1S/C25H35N3O3.C4H10/c1-3-5-8-21(9-6-4-2)15-17-27-18-19-28(25(27)31)23-13-11-22(12-14-23)20-26-16-7-10-24(29)30;1-3-4-2/h3,5,8,11-15,17,26H,4,6-7,9-10,16,18-20H2,1-2H3,(H,29,30);3-4H2,1-2H3/b5-3-,17-15+,21-8-;. The summed E-state index contributed by atoms with van der Waals surface area (Å²) in [5.41, 5.74) is 3.23. The van der Waals surface area contributed by atoms with Gasteiger partial charge in [-0.05, 0) is 62.1 Å². The van der Waals surface area contributed by atoms with Crippen LogP contribution in [0.5, 0.6) is 0 Å². The molecule has 1 saturated heterocycles. The predicted octanol–water partition coefficient (Wildman–Crippen LogP) is 6.90. The van der Waals surface area contributed by atoms with E-state index in [1.165, 1.54) is 18.4 Å². The van der Waals surface area contributed by atoms with Crippen molar-refractivity contribution in [2.24, 2.45) is 0 Å². The first kappa shape index (κ1) is 30.2. The number of nitrogens with zero attached hydrogens (tertiary/aromatic N) is 2. The molecule has 0 saturated carbocycles. The fraction of sp³-hybridized carbons (Fsp3) is 0.517. The summed E-state index contributed by atoms with van der Waals surface area (Å²) in [6.07, 6.45) is 16.8. The SMILES string of the molecule is CCCC.C\C=C/C=C(\C=C\N1CCN(c2ccc(CNCCCC(=O)O)cc2)C1=O)CCCC. The lowest BCUT2D eigenvalue weighted by molar-refractivity contribution is -0.137. The molecule has 1 aromatic rings. The Morgan fingerprint density at radius 3 is 2.34 bits per heavy atom. The first-order valence-corrected chi connectivity index (χ1v) is 13.1. The van der Waals surface area contributed by atoms with Crippen LogP contribution in [-0.4, -0.2) is 41.6 Å². The highest BCUT2D eigenvalue weighted by Gasteiger charge is 2.27. The second kappa shape index (κ2) is 18.5. The molecule has 6 heteroatoms. The zero-order valence-electron chi connectivity index (χ0n) is 22.1. The van der Waals surface area contributed by atoms with Crippen LogP contribution in [-0.2, 0) is 11.3 Å². The number of unbranched alkanes of at least 4 members (excludes halogenated alkanes) is 2. The van der Waals surface area contributed by atoms with Gasteiger partial charge in [0.15, 0.2) is 0 Å². The number of hydrogen-bond donors (Lipinski definition) is 2. The molecule has 0 radical (unpaired) electrons. The molecule has 0 aliphatic carbocycles. The monoisotopic (exact) mass is 483 g/mol. The Morgan fingerprint density at radius 2 is 1.74 bits per heavy atom. The highest BCUT2D eigenvalue weighted by molar-refractivity contribution is 5.94. The van der Waals surface area contributed by atoms with Crippen LogP contribution in [0.15, 0.2) is 60.3 Å². The molecule has 0 bridgehead atoms. The average molecular weight is 484 g/mol. The summed E-state index contributed by atoms with van der Waals surface area (Å²) in [4.78, 5) is 26.9. The Hall–Kier alpha value is -2.86. The Morgan fingerprint density at radius 1 is 1.03 bits per heavy atom. The van der Waals surface area contributed by atoms with Gasteiger partial charge >= 0.3 is 12.0 Å². The number of hydrogen-bond acceptors (Lipinski definition) is 3. The van der Waals surface area contributed by atoms with Gasteiger partial charge < -0.3 is 10.4 Å². The molecule has 0 unspecified atom stereocenters. The van der Waals surface area contributed by atoms with E-state index >= 15 is 0 Å². The number of allylic oxidation sites excluding steroid dienone is 5.